The van der Waals surface area contributed by atoms with Crippen molar-refractivity contribution in [3.8, 4) is 0 Å². The number of aliphatic hydroxyl groups is 1. The summed E-state index contributed by atoms with van der Waals surface area (Å²) in [6.45, 7) is 5.29. The van der Waals surface area contributed by atoms with Crippen LogP contribution in [0.25, 0.3) is 0 Å². The largest absolute Gasteiger partial charge is 0.392 e. The van der Waals surface area contributed by atoms with Gasteiger partial charge in [-0.3, -0.25) is 9.69 Å². The Bertz CT molecular complexity index is 466. The van der Waals surface area contributed by atoms with E-state index < -0.39 is 21.7 Å². The molecule has 0 aromatic carbocycles. The first kappa shape index (κ1) is 17.7. The van der Waals surface area contributed by atoms with Crippen LogP contribution in [-0.2, 0) is 19.4 Å². The lowest BCUT2D eigenvalue weighted by atomic mass is 10.3. The van der Waals surface area contributed by atoms with Gasteiger partial charge in [0.1, 0.15) is 5.75 Å². The molecule has 0 aliphatic carbocycles. The Labute approximate surface area is 132 Å². The summed E-state index contributed by atoms with van der Waals surface area (Å²) >= 11 is 0. The number of amides is 1. The van der Waals surface area contributed by atoms with Crippen LogP contribution >= 0.6 is 0 Å². The number of carbonyl (C=O) groups excluding carboxylic acids is 1. The molecule has 2 heterocycles. The van der Waals surface area contributed by atoms with E-state index in [0.29, 0.717) is 39.3 Å². The second-order valence-corrected chi connectivity index (χ2v) is 8.33. The topological polar surface area (TPSA) is 87.2 Å². The molecule has 0 radical (unpaired) electrons. The van der Waals surface area contributed by atoms with Crippen molar-refractivity contribution in [2.75, 3.05) is 50.8 Å². The van der Waals surface area contributed by atoms with Crippen molar-refractivity contribution in [2.24, 2.45) is 0 Å². The van der Waals surface area contributed by atoms with E-state index in [1.165, 1.54) is 0 Å². The highest BCUT2D eigenvalue weighted by Gasteiger charge is 2.29. The second kappa shape index (κ2) is 7.72. The van der Waals surface area contributed by atoms with E-state index in [0.717, 1.165) is 12.8 Å². The number of rotatable bonds is 6. The van der Waals surface area contributed by atoms with Crippen LogP contribution in [0.15, 0.2) is 0 Å². The summed E-state index contributed by atoms with van der Waals surface area (Å²) in [6, 6.07) is 0. The predicted molar refractivity (Wildman–Crippen MR) is 82.3 cm³/mol. The number of hydrogen-bond donors (Lipinski definition) is 1. The SMILES string of the molecule is C[C@H](O)CN1CCN(C(=O)CS(=O)(=O)C[C@H]2CCCO2)CC1. The molecule has 1 amide bonds. The molecule has 0 aromatic heterocycles. The standard InChI is InChI=1S/C14H26N2O5S/c1-12(17)9-15-4-6-16(7-5-15)14(18)11-22(19,20)10-13-3-2-8-21-13/h12-13,17H,2-11H2,1H3/t12-,13+/m0/s1. The van der Waals surface area contributed by atoms with Gasteiger partial charge < -0.3 is 14.7 Å². The third kappa shape index (κ3) is 5.49. The van der Waals surface area contributed by atoms with E-state index >= 15 is 0 Å². The average molecular weight is 334 g/mol. The Kier molecular flexibility index (Phi) is 6.19. The van der Waals surface area contributed by atoms with Gasteiger partial charge in [-0.15, -0.1) is 0 Å². The molecule has 0 bridgehead atoms. The van der Waals surface area contributed by atoms with Gasteiger partial charge in [-0.25, -0.2) is 8.42 Å². The molecular formula is C14H26N2O5S. The summed E-state index contributed by atoms with van der Waals surface area (Å²) in [4.78, 5) is 15.8. The van der Waals surface area contributed by atoms with E-state index in [2.05, 4.69) is 4.90 Å². The van der Waals surface area contributed by atoms with E-state index in [9.17, 15) is 18.3 Å². The van der Waals surface area contributed by atoms with E-state index in [1.807, 2.05) is 0 Å². The number of ether oxygens (including phenoxy) is 1. The smallest absolute Gasteiger partial charge is 0.237 e. The van der Waals surface area contributed by atoms with Crippen LogP contribution in [0, 0.1) is 0 Å². The number of sulfone groups is 1. The lowest BCUT2D eigenvalue weighted by Gasteiger charge is -2.35. The highest BCUT2D eigenvalue weighted by Crippen LogP contribution is 2.15. The van der Waals surface area contributed by atoms with Crippen LogP contribution in [-0.4, -0.2) is 92.3 Å². The average Bonchev–Trinajstić information content (AvgIpc) is 2.90. The van der Waals surface area contributed by atoms with Gasteiger partial charge in [-0.2, -0.15) is 0 Å². The van der Waals surface area contributed by atoms with E-state index in [4.69, 9.17) is 4.74 Å². The first-order valence-corrected chi connectivity index (χ1v) is 9.68. The Morgan fingerprint density at radius 3 is 2.55 bits per heavy atom. The van der Waals surface area contributed by atoms with Crippen LogP contribution in [0.1, 0.15) is 19.8 Å². The molecule has 0 spiro atoms. The number of β-amino-alcohol motifs (C(OH)–C–C–N with tert-alkyl or cyclic N) is 1. The third-order valence-corrected chi connectivity index (χ3v) is 5.62. The third-order valence-electron chi connectivity index (χ3n) is 4.05. The maximum absolute atomic E-state index is 12.2. The van der Waals surface area contributed by atoms with Gasteiger partial charge in [-0.05, 0) is 19.8 Å². The summed E-state index contributed by atoms with van der Waals surface area (Å²) in [5.74, 6) is -0.807. The Morgan fingerprint density at radius 1 is 1.32 bits per heavy atom. The summed E-state index contributed by atoms with van der Waals surface area (Å²) in [5.41, 5.74) is 0. The zero-order valence-corrected chi connectivity index (χ0v) is 13.9. The van der Waals surface area contributed by atoms with Gasteiger partial charge in [-0.1, -0.05) is 0 Å². The van der Waals surface area contributed by atoms with Crippen LogP contribution in [0.3, 0.4) is 0 Å². The van der Waals surface area contributed by atoms with Gasteiger partial charge >= 0.3 is 0 Å². The molecule has 0 unspecified atom stereocenters. The molecule has 2 rings (SSSR count). The maximum Gasteiger partial charge on any atom is 0.237 e. The fourth-order valence-electron chi connectivity index (χ4n) is 2.95. The number of carbonyl (C=O) groups is 1. The maximum atomic E-state index is 12.2. The van der Waals surface area contributed by atoms with Crippen molar-refractivity contribution in [1.82, 2.24) is 9.80 Å². The van der Waals surface area contributed by atoms with Crippen LogP contribution in [0.2, 0.25) is 0 Å². The van der Waals surface area contributed by atoms with Crippen molar-refractivity contribution < 1.29 is 23.1 Å². The van der Waals surface area contributed by atoms with Gasteiger partial charge in [0.15, 0.2) is 9.84 Å². The van der Waals surface area contributed by atoms with Gasteiger partial charge in [0.05, 0.1) is 18.0 Å². The summed E-state index contributed by atoms with van der Waals surface area (Å²) in [7, 11) is -3.42. The van der Waals surface area contributed by atoms with Crippen LogP contribution in [0.5, 0.6) is 0 Å². The Balaban J connectivity index is 1.77. The highest BCUT2D eigenvalue weighted by atomic mass is 32.2. The number of piperazine rings is 1. The summed E-state index contributed by atoms with van der Waals surface area (Å²) in [5, 5.41) is 9.35. The molecule has 1 N–H and O–H groups in total. The monoisotopic (exact) mass is 334 g/mol. The molecule has 2 aliphatic heterocycles. The van der Waals surface area contributed by atoms with Crippen LogP contribution in [0.4, 0.5) is 0 Å². The minimum Gasteiger partial charge on any atom is -0.392 e. The van der Waals surface area contributed by atoms with Crippen molar-refractivity contribution in [2.45, 2.75) is 32.0 Å². The lowest BCUT2D eigenvalue weighted by molar-refractivity contribution is -0.130. The molecule has 0 saturated carbocycles. The lowest BCUT2D eigenvalue weighted by Crippen LogP contribution is -2.51. The highest BCUT2D eigenvalue weighted by molar-refractivity contribution is 7.92. The van der Waals surface area contributed by atoms with Crippen molar-refractivity contribution in [1.29, 1.82) is 0 Å². The van der Waals surface area contributed by atoms with Crippen LogP contribution < -0.4 is 0 Å². The number of hydrogen-bond acceptors (Lipinski definition) is 6. The fraction of sp³-hybridized carbons (Fsp3) is 0.929. The quantitative estimate of drug-likeness (QED) is 0.678. The van der Waals surface area contributed by atoms with Gasteiger partial charge in [0.2, 0.25) is 5.91 Å². The molecule has 0 aromatic rings. The van der Waals surface area contributed by atoms with Crippen molar-refractivity contribution in [3.63, 3.8) is 0 Å². The molecule has 8 heteroatoms. The first-order valence-electron chi connectivity index (χ1n) is 7.86. The predicted octanol–water partition coefficient (Wildman–Crippen LogP) is -0.895. The van der Waals surface area contributed by atoms with Gasteiger partial charge in [0, 0.05) is 39.3 Å². The molecule has 2 fully saturated rings. The molecule has 2 atom stereocenters. The minimum absolute atomic E-state index is 0.0548. The molecule has 22 heavy (non-hydrogen) atoms. The fourth-order valence-corrected chi connectivity index (χ4v) is 4.46. The second-order valence-electron chi connectivity index (χ2n) is 6.22. The van der Waals surface area contributed by atoms with Crippen molar-refractivity contribution in [3.05, 3.63) is 0 Å². The van der Waals surface area contributed by atoms with Crippen molar-refractivity contribution >= 4 is 15.7 Å². The first-order chi connectivity index (χ1) is 10.4. The summed E-state index contributed by atoms with van der Waals surface area (Å²) < 4.78 is 29.5. The Morgan fingerprint density at radius 2 is 2.00 bits per heavy atom. The van der Waals surface area contributed by atoms with Gasteiger partial charge in [0.25, 0.3) is 0 Å². The molecule has 2 aliphatic rings. The summed E-state index contributed by atoms with van der Waals surface area (Å²) in [6.07, 6.45) is 1.000. The molecule has 2 saturated heterocycles. The Hall–Kier alpha value is -0.700. The van der Waals surface area contributed by atoms with E-state index in [-0.39, 0.29) is 17.8 Å². The van der Waals surface area contributed by atoms with E-state index in [1.54, 1.807) is 11.8 Å². The minimum atomic E-state index is -3.42. The molecule has 128 valence electrons. The normalized spacial score (nSPS) is 25.4. The zero-order valence-electron chi connectivity index (χ0n) is 13.1. The number of aliphatic hydroxyl groups excluding tert-OH is 1. The number of nitrogens with zero attached hydrogens (tertiary/aromatic N) is 2. The zero-order chi connectivity index (χ0) is 16.2. The molecule has 7 nitrogen and oxygen atoms in total. The molecular weight excluding hydrogens is 308 g/mol.